The molecule has 0 unspecified atom stereocenters. The molecular weight excluding hydrogens is 260 g/mol. The van der Waals surface area contributed by atoms with E-state index in [1.54, 1.807) is 0 Å². The van der Waals surface area contributed by atoms with Crippen molar-refractivity contribution in [2.75, 3.05) is 26.2 Å². The number of amides is 1. The van der Waals surface area contributed by atoms with Gasteiger partial charge in [0, 0.05) is 13.1 Å². The van der Waals surface area contributed by atoms with Crippen molar-refractivity contribution < 1.29 is 4.79 Å². The topological polar surface area (TPSA) is 32.3 Å². The maximum atomic E-state index is 12.6. The molecule has 1 atom stereocenters. The van der Waals surface area contributed by atoms with Crippen molar-refractivity contribution >= 4 is 5.91 Å². The second-order valence-electron chi connectivity index (χ2n) is 6.71. The number of hydrogen-bond acceptors (Lipinski definition) is 2. The number of nitrogens with zero attached hydrogens (tertiary/aromatic N) is 1. The highest BCUT2D eigenvalue weighted by atomic mass is 16.2. The molecule has 0 bridgehead atoms. The summed E-state index contributed by atoms with van der Waals surface area (Å²) in [6, 6.07) is 8.43. The van der Waals surface area contributed by atoms with E-state index in [0.29, 0.717) is 5.92 Å². The van der Waals surface area contributed by atoms with Gasteiger partial charge in [-0.1, -0.05) is 36.8 Å². The van der Waals surface area contributed by atoms with Gasteiger partial charge in [-0.05, 0) is 50.8 Å². The fourth-order valence-electron chi connectivity index (χ4n) is 3.49. The minimum absolute atomic E-state index is 0.227. The average molecular weight is 286 g/mol. The van der Waals surface area contributed by atoms with E-state index in [4.69, 9.17) is 0 Å². The summed E-state index contributed by atoms with van der Waals surface area (Å²) < 4.78 is 0. The Labute approximate surface area is 127 Å². The molecule has 3 heteroatoms. The van der Waals surface area contributed by atoms with Crippen LogP contribution in [0.25, 0.3) is 0 Å². The van der Waals surface area contributed by atoms with E-state index >= 15 is 0 Å². The van der Waals surface area contributed by atoms with Crippen molar-refractivity contribution in [3.63, 3.8) is 0 Å². The number of benzene rings is 1. The van der Waals surface area contributed by atoms with Gasteiger partial charge in [-0.3, -0.25) is 4.79 Å². The summed E-state index contributed by atoms with van der Waals surface area (Å²) in [5.74, 6) is 0.866. The molecule has 1 amide bonds. The summed E-state index contributed by atoms with van der Waals surface area (Å²) in [5, 5.41) is 3.22. The summed E-state index contributed by atoms with van der Waals surface area (Å²) in [7, 11) is 0. The number of nitrogens with one attached hydrogen (secondary N) is 1. The number of rotatable bonds is 5. The minimum atomic E-state index is -0.227. The summed E-state index contributed by atoms with van der Waals surface area (Å²) >= 11 is 0. The molecule has 21 heavy (non-hydrogen) atoms. The molecule has 2 aliphatic rings. The molecular formula is C18H26N2O. The Morgan fingerprint density at radius 3 is 2.86 bits per heavy atom. The number of likely N-dealkylation sites (tertiary alicyclic amines) is 1. The summed E-state index contributed by atoms with van der Waals surface area (Å²) in [6.07, 6.45) is 3.20. The van der Waals surface area contributed by atoms with E-state index in [2.05, 4.69) is 48.3 Å². The molecule has 0 aromatic heterocycles. The lowest BCUT2D eigenvalue weighted by Gasteiger charge is -2.18. The van der Waals surface area contributed by atoms with Crippen molar-refractivity contribution in [3.05, 3.63) is 35.4 Å². The smallest absolute Gasteiger partial charge is 0.230 e. The predicted molar refractivity (Wildman–Crippen MR) is 85.3 cm³/mol. The van der Waals surface area contributed by atoms with Crippen LogP contribution in [0.15, 0.2) is 24.3 Å². The van der Waals surface area contributed by atoms with E-state index < -0.39 is 0 Å². The third kappa shape index (κ3) is 2.98. The van der Waals surface area contributed by atoms with Gasteiger partial charge in [0.05, 0.1) is 5.41 Å². The van der Waals surface area contributed by atoms with E-state index in [0.717, 1.165) is 32.5 Å². The number of hydrogen-bond donors (Lipinski definition) is 1. The summed E-state index contributed by atoms with van der Waals surface area (Å²) in [6.45, 7) is 8.57. The molecule has 1 heterocycles. The first-order valence-electron chi connectivity index (χ1n) is 8.22. The maximum absolute atomic E-state index is 12.6. The monoisotopic (exact) mass is 286 g/mol. The normalized spacial score (nSPS) is 24.0. The second-order valence-corrected chi connectivity index (χ2v) is 6.71. The molecule has 1 aliphatic carbocycles. The van der Waals surface area contributed by atoms with Crippen molar-refractivity contribution in [1.29, 1.82) is 0 Å². The van der Waals surface area contributed by atoms with Crippen LogP contribution >= 0.6 is 0 Å². The lowest BCUT2D eigenvalue weighted by atomic mass is 9.93. The maximum Gasteiger partial charge on any atom is 0.230 e. The first-order valence-corrected chi connectivity index (χ1v) is 8.22. The SMILES string of the molecule is CCN1CC[C@H](CNC(=O)C2(c3cccc(C)c3)CC2)C1. The molecule has 0 radical (unpaired) electrons. The highest BCUT2D eigenvalue weighted by molar-refractivity contribution is 5.91. The number of aryl methyl sites for hydroxylation is 1. The minimum Gasteiger partial charge on any atom is -0.355 e. The van der Waals surface area contributed by atoms with Crippen LogP contribution in [0.2, 0.25) is 0 Å². The summed E-state index contributed by atoms with van der Waals surface area (Å²) in [4.78, 5) is 15.1. The molecule has 1 saturated heterocycles. The van der Waals surface area contributed by atoms with Crippen LogP contribution in [-0.4, -0.2) is 37.0 Å². The van der Waals surface area contributed by atoms with Crippen LogP contribution in [0, 0.1) is 12.8 Å². The molecule has 3 nitrogen and oxygen atoms in total. The quantitative estimate of drug-likeness (QED) is 0.902. The van der Waals surface area contributed by atoms with Gasteiger partial charge >= 0.3 is 0 Å². The largest absolute Gasteiger partial charge is 0.355 e. The molecule has 3 rings (SSSR count). The Bertz CT molecular complexity index is 522. The van der Waals surface area contributed by atoms with E-state index in [-0.39, 0.29) is 11.3 Å². The summed E-state index contributed by atoms with van der Waals surface area (Å²) in [5.41, 5.74) is 2.21. The van der Waals surface area contributed by atoms with Gasteiger partial charge in [-0.15, -0.1) is 0 Å². The van der Waals surface area contributed by atoms with Crippen LogP contribution in [-0.2, 0) is 10.2 Å². The van der Waals surface area contributed by atoms with Crippen LogP contribution < -0.4 is 5.32 Å². The highest BCUT2D eigenvalue weighted by Crippen LogP contribution is 2.48. The third-order valence-electron chi connectivity index (χ3n) is 5.12. The van der Waals surface area contributed by atoms with Crippen molar-refractivity contribution in [2.45, 2.75) is 38.5 Å². The Kier molecular flexibility index (Phi) is 4.03. The Morgan fingerprint density at radius 1 is 1.43 bits per heavy atom. The Balaban J connectivity index is 1.58. The lowest BCUT2D eigenvalue weighted by molar-refractivity contribution is -0.123. The van der Waals surface area contributed by atoms with Crippen molar-refractivity contribution in [2.24, 2.45) is 5.92 Å². The zero-order valence-electron chi connectivity index (χ0n) is 13.2. The van der Waals surface area contributed by atoms with Crippen molar-refractivity contribution in [1.82, 2.24) is 10.2 Å². The Morgan fingerprint density at radius 2 is 2.24 bits per heavy atom. The van der Waals surface area contributed by atoms with Gasteiger partial charge in [-0.2, -0.15) is 0 Å². The molecule has 1 aromatic carbocycles. The molecule has 2 fully saturated rings. The molecule has 114 valence electrons. The van der Waals surface area contributed by atoms with E-state index in [1.165, 1.54) is 24.1 Å². The van der Waals surface area contributed by atoms with Gasteiger partial charge < -0.3 is 10.2 Å². The van der Waals surface area contributed by atoms with Gasteiger partial charge in [0.2, 0.25) is 5.91 Å². The molecule has 1 aromatic rings. The van der Waals surface area contributed by atoms with Crippen molar-refractivity contribution in [3.8, 4) is 0 Å². The van der Waals surface area contributed by atoms with Gasteiger partial charge in [0.15, 0.2) is 0 Å². The average Bonchev–Trinajstić information content (AvgIpc) is 3.18. The first kappa shape index (κ1) is 14.6. The van der Waals surface area contributed by atoms with Gasteiger partial charge in [0.1, 0.15) is 0 Å². The molecule has 1 aliphatic heterocycles. The van der Waals surface area contributed by atoms with Crippen LogP contribution in [0.4, 0.5) is 0 Å². The highest BCUT2D eigenvalue weighted by Gasteiger charge is 2.51. The second kappa shape index (κ2) is 5.80. The molecule has 1 N–H and O–H groups in total. The fraction of sp³-hybridized carbons (Fsp3) is 0.611. The fourth-order valence-corrected chi connectivity index (χ4v) is 3.49. The van der Waals surface area contributed by atoms with Gasteiger partial charge in [-0.25, -0.2) is 0 Å². The third-order valence-corrected chi connectivity index (χ3v) is 5.12. The number of carbonyl (C=O) groups excluding carboxylic acids is 1. The number of carbonyl (C=O) groups is 1. The van der Waals surface area contributed by atoms with Gasteiger partial charge in [0.25, 0.3) is 0 Å². The zero-order chi connectivity index (χ0) is 14.9. The predicted octanol–water partition coefficient (Wildman–Crippen LogP) is 2.48. The van der Waals surface area contributed by atoms with E-state index in [9.17, 15) is 4.79 Å². The Hall–Kier alpha value is -1.35. The van der Waals surface area contributed by atoms with Crippen LogP contribution in [0.3, 0.4) is 0 Å². The zero-order valence-corrected chi connectivity index (χ0v) is 13.2. The molecule has 0 spiro atoms. The lowest BCUT2D eigenvalue weighted by Crippen LogP contribution is -2.38. The first-order chi connectivity index (χ1) is 10.1. The molecule has 1 saturated carbocycles. The van der Waals surface area contributed by atoms with E-state index in [1.807, 2.05) is 0 Å². The van der Waals surface area contributed by atoms with Crippen LogP contribution in [0.1, 0.15) is 37.3 Å². The van der Waals surface area contributed by atoms with Crippen LogP contribution in [0.5, 0.6) is 0 Å². The standard InChI is InChI=1S/C18H26N2O/c1-3-20-10-7-15(13-20)12-19-17(21)18(8-9-18)16-6-4-5-14(2)11-16/h4-6,11,15H,3,7-10,12-13H2,1-2H3,(H,19,21)/t15-/m1/s1.